The van der Waals surface area contributed by atoms with Gasteiger partial charge in [0.05, 0.1) is 24.3 Å². The molecule has 240 valence electrons. The smallest absolute Gasteiger partial charge is 0.264 e. The van der Waals surface area contributed by atoms with Crippen molar-refractivity contribution in [2.75, 3.05) is 43.0 Å². The van der Waals surface area contributed by atoms with E-state index in [0.717, 1.165) is 50.6 Å². The van der Waals surface area contributed by atoms with Gasteiger partial charge >= 0.3 is 0 Å². The van der Waals surface area contributed by atoms with Gasteiger partial charge in [-0.25, -0.2) is 0 Å². The van der Waals surface area contributed by atoms with Crippen molar-refractivity contribution in [2.24, 2.45) is 11.8 Å². The summed E-state index contributed by atoms with van der Waals surface area (Å²) in [5.41, 5.74) is 2.16. The molecule has 3 aliphatic rings. The maximum atomic E-state index is 14.0. The van der Waals surface area contributed by atoms with Crippen LogP contribution in [0.3, 0.4) is 0 Å². The Morgan fingerprint density at radius 2 is 1.98 bits per heavy atom. The first-order valence-electron chi connectivity index (χ1n) is 16.1. The van der Waals surface area contributed by atoms with Crippen molar-refractivity contribution in [2.45, 2.75) is 84.3 Å². The van der Waals surface area contributed by atoms with Crippen LogP contribution in [0.5, 0.6) is 0 Å². The van der Waals surface area contributed by atoms with Crippen LogP contribution in [-0.2, 0) is 20.0 Å². The summed E-state index contributed by atoms with van der Waals surface area (Å²) in [5, 5.41) is 28.0. The van der Waals surface area contributed by atoms with E-state index in [1.807, 2.05) is 6.08 Å². The van der Waals surface area contributed by atoms with Gasteiger partial charge in [-0.05, 0) is 84.0 Å². The number of carbonyl (C=O) groups excluding carboxylic acids is 3. The first-order chi connectivity index (χ1) is 21.1. The van der Waals surface area contributed by atoms with Crippen molar-refractivity contribution >= 4 is 29.1 Å². The molecule has 3 aliphatic heterocycles. The first kappa shape index (κ1) is 33.6. The lowest BCUT2D eigenvalue weighted by Gasteiger charge is -2.28. The molecule has 2 fully saturated rings. The van der Waals surface area contributed by atoms with Crippen LogP contribution in [0.2, 0.25) is 0 Å². The third-order valence-electron chi connectivity index (χ3n) is 9.20. The van der Waals surface area contributed by atoms with Gasteiger partial charge in [0.15, 0.2) is 5.60 Å². The lowest BCUT2D eigenvalue weighted by Crippen LogP contribution is -2.44. The van der Waals surface area contributed by atoms with Gasteiger partial charge in [-0.2, -0.15) is 0 Å². The summed E-state index contributed by atoms with van der Waals surface area (Å²) in [4.78, 5) is 43.2. The number of carbonyl (C=O) groups is 3. The number of amides is 3. The molecule has 9 nitrogen and oxygen atoms in total. The van der Waals surface area contributed by atoms with Crippen LogP contribution >= 0.6 is 0 Å². The van der Waals surface area contributed by atoms with E-state index in [1.165, 1.54) is 5.57 Å². The van der Waals surface area contributed by atoms with Crippen LogP contribution in [0.25, 0.3) is 0 Å². The second-order valence-corrected chi connectivity index (χ2v) is 12.8. The van der Waals surface area contributed by atoms with Crippen molar-refractivity contribution in [1.82, 2.24) is 10.2 Å². The zero-order valence-electron chi connectivity index (χ0n) is 26.8. The number of likely N-dealkylation sites (tertiary alicyclic amines) is 1. The molecule has 0 spiro atoms. The Balaban J connectivity index is 1.57. The minimum atomic E-state index is -1.87. The van der Waals surface area contributed by atoms with Crippen LogP contribution < -0.4 is 15.5 Å². The van der Waals surface area contributed by atoms with Crippen molar-refractivity contribution in [1.29, 1.82) is 0 Å². The van der Waals surface area contributed by atoms with Crippen molar-refractivity contribution in [3.8, 4) is 0 Å². The van der Waals surface area contributed by atoms with Crippen molar-refractivity contribution < 1.29 is 24.6 Å². The highest BCUT2D eigenvalue weighted by Crippen LogP contribution is 2.46. The van der Waals surface area contributed by atoms with E-state index in [-0.39, 0.29) is 36.8 Å². The molecule has 2 saturated heterocycles. The maximum Gasteiger partial charge on any atom is 0.264 e. The van der Waals surface area contributed by atoms with Gasteiger partial charge < -0.3 is 30.6 Å². The van der Waals surface area contributed by atoms with Gasteiger partial charge in [0.2, 0.25) is 11.8 Å². The lowest BCUT2D eigenvalue weighted by atomic mass is 9.82. The number of allylic oxidation sites excluding steroid dienone is 3. The average Bonchev–Trinajstić information content (AvgIpc) is 3.57. The van der Waals surface area contributed by atoms with Crippen molar-refractivity contribution in [3.05, 3.63) is 59.2 Å². The normalized spacial score (nSPS) is 24.5. The molecule has 0 radical (unpaired) electrons. The van der Waals surface area contributed by atoms with E-state index in [9.17, 15) is 24.6 Å². The van der Waals surface area contributed by atoms with Crippen LogP contribution in [0.1, 0.15) is 78.2 Å². The fourth-order valence-electron chi connectivity index (χ4n) is 6.45. The Bertz CT molecular complexity index is 1290. The molecule has 44 heavy (non-hydrogen) atoms. The number of aliphatic hydroxyl groups excluding tert-OH is 1. The Hall–Kier alpha value is -3.27. The Morgan fingerprint density at radius 3 is 2.68 bits per heavy atom. The summed E-state index contributed by atoms with van der Waals surface area (Å²) in [6.07, 6.45) is 13.0. The summed E-state index contributed by atoms with van der Waals surface area (Å²) in [7, 11) is 0. The third kappa shape index (κ3) is 7.68. The number of anilines is 2. The van der Waals surface area contributed by atoms with Gasteiger partial charge in [0, 0.05) is 43.2 Å². The van der Waals surface area contributed by atoms with E-state index in [1.54, 1.807) is 47.1 Å². The number of hydrogen-bond acceptors (Lipinski definition) is 6. The largest absolute Gasteiger partial charge is 0.394 e. The zero-order valence-corrected chi connectivity index (χ0v) is 26.8. The number of nitrogens with zero attached hydrogens (tertiary/aromatic N) is 2. The summed E-state index contributed by atoms with van der Waals surface area (Å²) >= 11 is 0. The second-order valence-electron chi connectivity index (χ2n) is 12.8. The summed E-state index contributed by atoms with van der Waals surface area (Å²) in [5.74, 6) is -1.35. The van der Waals surface area contributed by atoms with Crippen LogP contribution in [0.15, 0.2) is 53.6 Å². The van der Waals surface area contributed by atoms with Gasteiger partial charge in [-0.3, -0.25) is 14.4 Å². The topological polar surface area (TPSA) is 122 Å². The molecular weight excluding hydrogens is 556 g/mol. The number of benzene rings is 1. The highest BCUT2D eigenvalue weighted by Gasteiger charge is 2.52. The monoisotopic (exact) mass is 606 g/mol. The minimum Gasteiger partial charge on any atom is -0.394 e. The molecule has 0 bridgehead atoms. The molecule has 0 saturated carbocycles. The average molecular weight is 607 g/mol. The van der Waals surface area contributed by atoms with E-state index >= 15 is 0 Å². The van der Waals surface area contributed by atoms with E-state index in [2.05, 4.69) is 37.5 Å². The molecule has 1 aromatic carbocycles. The maximum absolute atomic E-state index is 14.0. The van der Waals surface area contributed by atoms with E-state index in [0.29, 0.717) is 36.6 Å². The number of fused-ring (bicyclic) bond motifs is 1. The SMILES string of the molecule is CC(C)=CCC/C(C)=C/CN1C(=O)[C@](O)([C@H](C)/C=C/CC(=O)N2CCC[C@H]2CO)c2cc(NC(=O)C3CCCNC3)ccc21. The Kier molecular flexibility index (Phi) is 11.6. The van der Waals surface area contributed by atoms with Gasteiger partial charge in [-0.1, -0.05) is 42.4 Å². The van der Waals surface area contributed by atoms with Gasteiger partial charge in [0.1, 0.15) is 0 Å². The molecule has 1 unspecified atom stereocenters. The van der Waals surface area contributed by atoms with E-state index in [4.69, 9.17) is 0 Å². The summed E-state index contributed by atoms with van der Waals surface area (Å²) in [6, 6.07) is 5.16. The van der Waals surface area contributed by atoms with E-state index < -0.39 is 17.4 Å². The highest BCUT2D eigenvalue weighted by atomic mass is 16.3. The molecule has 9 heteroatoms. The lowest BCUT2D eigenvalue weighted by molar-refractivity contribution is -0.139. The van der Waals surface area contributed by atoms with Gasteiger partial charge in [-0.15, -0.1) is 0 Å². The fourth-order valence-corrected chi connectivity index (χ4v) is 6.45. The predicted molar refractivity (Wildman–Crippen MR) is 174 cm³/mol. The zero-order chi connectivity index (χ0) is 31.9. The predicted octanol–water partition coefficient (Wildman–Crippen LogP) is 4.42. The molecule has 4 N–H and O–H groups in total. The molecule has 0 aliphatic carbocycles. The number of rotatable bonds is 12. The summed E-state index contributed by atoms with van der Waals surface area (Å²) < 4.78 is 0. The van der Waals surface area contributed by atoms with Crippen molar-refractivity contribution in [3.63, 3.8) is 0 Å². The fraction of sp³-hybridized carbons (Fsp3) is 0.571. The molecule has 1 aromatic rings. The first-order valence-corrected chi connectivity index (χ1v) is 16.1. The molecule has 0 aromatic heterocycles. The number of hydrogen-bond donors (Lipinski definition) is 4. The van der Waals surface area contributed by atoms with Gasteiger partial charge in [0.25, 0.3) is 5.91 Å². The molecule has 3 heterocycles. The van der Waals surface area contributed by atoms with Crippen LogP contribution in [0, 0.1) is 11.8 Å². The molecule has 4 atom stereocenters. The Morgan fingerprint density at radius 1 is 1.18 bits per heavy atom. The number of nitrogens with one attached hydrogen (secondary N) is 2. The highest BCUT2D eigenvalue weighted by molar-refractivity contribution is 6.08. The quantitative estimate of drug-likeness (QED) is 0.262. The summed E-state index contributed by atoms with van der Waals surface area (Å²) in [6.45, 7) is 10.4. The van der Waals surface area contributed by atoms with Crippen LogP contribution in [-0.4, -0.2) is 71.7 Å². The minimum absolute atomic E-state index is 0.0499. The number of aliphatic hydroxyl groups is 2. The Labute approximate surface area is 262 Å². The van der Waals surface area contributed by atoms with Crippen LogP contribution in [0.4, 0.5) is 11.4 Å². The third-order valence-corrected chi connectivity index (χ3v) is 9.20. The molecule has 3 amide bonds. The molecule has 4 rings (SSSR count). The molecular formula is C35H50N4O5. The standard InChI is InChI=1S/C35H50N4O5/c1-24(2)9-5-10-25(3)17-20-39-31-16-15-28(37-33(42)27-12-7-18-36-22-27)21-30(31)35(44,34(39)43)26(4)11-6-14-32(41)38-19-8-13-29(38)23-40/h6,9,11,15-17,21,26-27,29,36,40,44H,5,7-8,10,12-14,18-20,22-23H2,1-4H3,(H,37,42)/b11-6+,25-17+/t26-,27?,29+,35+/m1/s1. The number of piperidine rings is 1. The second kappa shape index (κ2) is 15.1.